The maximum atomic E-state index is 2.44. The first-order chi connectivity index (χ1) is 20.3. The lowest BCUT2D eigenvalue weighted by Gasteiger charge is -2.38. The van der Waals surface area contributed by atoms with E-state index in [2.05, 4.69) is 146 Å². The van der Waals surface area contributed by atoms with Crippen LogP contribution < -0.4 is 0 Å². The summed E-state index contributed by atoms with van der Waals surface area (Å²) in [7, 11) is 0. The minimum absolute atomic E-state index is 0.228. The zero-order valence-corrected chi connectivity index (χ0v) is 22.7. The molecule has 9 rings (SSSR count). The van der Waals surface area contributed by atoms with Crippen molar-refractivity contribution in [3.05, 3.63) is 179 Å². The molecule has 3 aliphatic rings. The van der Waals surface area contributed by atoms with E-state index >= 15 is 0 Å². The van der Waals surface area contributed by atoms with Crippen LogP contribution in [0.1, 0.15) is 39.3 Å². The molecule has 0 saturated carbocycles. The van der Waals surface area contributed by atoms with Crippen molar-refractivity contribution in [1.29, 1.82) is 0 Å². The summed E-state index contributed by atoms with van der Waals surface area (Å²) in [4.78, 5) is 0. The highest BCUT2D eigenvalue weighted by molar-refractivity contribution is 6.05. The highest BCUT2D eigenvalue weighted by Gasteiger charge is 2.37. The topological polar surface area (TPSA) is 0 Å². The Kier molecular flexibility index (Phi) is 4.89. The lowest BCUT2D eigenvalue weighted by Crippen LogP contribution is -2.23. The van der Waals surface area contributed by atoms with E-state index in [0.29, 0.717) is 0 Å². The van der Waals surface area contributed by atoms with E-state index in [0.717, 1.165) is 6.42 Å². The fourth-order valence-corrected chi connectivity index (χ4v) is 7.76. The van der Waals surface area contributed by atoms with Crippen LogP contribution in [0.15, 0.2) is 145 Å². The van der Waals surface area contributed by atoms with Gasteiger partial charge in [0.2, 0.25) is 0 Å². The predicted octanol–water partition coefficient (Wildman–Crippen LogP) is 10.4. The summed E-state index contributed by atoms with van der Waals surface area (Å²) in [6.07, 6.45) is 14.9. The molecule has 0 heterocycles. The van der Waals surface area contributed by atoms with Gasteiger partial charge in [0.1, 0.15) is 0 Å². The zero-order valence-electron chi connectivity index (χ0n) is 22.7. The van der Waals surface area contributed by atoms with Crippen LogP contribution in [0.2, 0.25) is 0 Å². The summed E-state index contributed by atoms with van der Waals surface area (Å²) in [6.45, 7) is 0. The lowest BCUT2D eigenvalue weighted by atomic mass is 9.65. The second-order valence-electron chi connectivity index (χ2n) is 11.6. The zero-order chi connectivity index (χ0) is 26.9. The van der Waals surface area contributed by atoms with Crippen LogP contribution in [0.4, 0.5) is 0 Å². The van der Waals surface area contributed by atoms with Crippen LogP contribution in [0, 0.1) is 5.92 Å². The average molecular weight is 521 g/mol. The normalized spacial score (nSPS) is 18.7. The molecular weight excluding hydrogens is 492 g/mol. The molecule has 0 aliphatic heterocycles. The van der Waals surface area contributed by atoms with Crippen molar-refractivity contribution in [2.75, 3.05) is 0 Å². The fraction of sp³-hybridized carbons (Fsp3) is 0.0732. The predicted molar refractivity (Wildman–Crippen MR) is 174 cm³/mol. The molecule has 0 amide bonds. The van der Waals surface area contributed by atoms with Gasteiger partial charge in [-0.25, -0.2) is 0 Å². The molecule has 192 valence electrons. The molecule has 41 heavy (non-hydrogen) atoms. The van der Waals surface area contributed by atoms with Gasteiger partial charge in [0, 0.05) is 11.8 Å². The monoisotopic (exact) mass is 520 g/mol. The summed E-state index contributed by atoms with van der Waals surface area (Å²) in [5, 5.41) is 8.00. The number of hydrogen-bond donors (Lipinski definition) is 0. The fourth-order valence-electron chi connectivity index (χ4n) is 7.76. The van der Waals surface area contributed by atoms with Gasteiger partial charge in [-0.15, -0.1) is 0 Å². The third-order valence-electron chi connectivity index (χ3n) is 9.43. The molecule has 0 nitrogen and oxygen atoms in total. The molecule has 3 aliphatic carbocycles. The van der Waals surface area contributed by atoms with Gasteiger partial charge in [0.05, 0.1) is 0 Å². The second-order valence-corrected chi connectivity index (χ2v) is 11.6. The van der Waals surface area contributed by atoms with Crippen molar-refractivity contribution in [2.45, 2.75) is 12.3 Å². The van der Waals surface area contributed by atoms with E-state index in [-0.39, 0.29) is 11.8 Å². The Hall–Kier alpha value is -4.94. The Morgan fingerprint density at radius 1 is 0.585 bits per heavy atom. The maximum absolute atomic E-state index is 2.44. The van der Waals surface area contributed by atoms with Gasteiger partial charge in [-0.05, 0) is 95.4 Å². The largest absolute Gasteiger partial charge is 0.0795 e. The van der Waals surface area contributed by atoms with Gasteiger partial charge in [-0.3, -0.25) is 0 Å². The average Bonchev–Trinajstić information content (AvgIpc) is 3.03. The molecular formula is C41H28. The molecule has 2 unspecified atom stereocenters. The molecule has 0 N–H and O–H groups in total. The smallest absolute Gasteiger partial charge is 0.0206 e. The van der Waals surface area contributed by atoms with Gasteiger partial charge in [-0.2, -0.15) is 0 Å². The Morgan fingerprint density at radius 2 is 1.37 bits per heavy atom. The molecule has 0 radical (unpaired) electrons. The first-order valence-electron chi connectivity index (χ1n) is 14.7. The van der Waals surface area contributed by atoms with E-state index in [1.807, 2.05) is 0 Å². The quantitative estimate of drug-likeness (QED) is 0.213. The molecule has 0 bridgehead atoms. The number of benzene rings is 6. The maximum Gasteiger partial charge on any atom is 0.0206 e. The third kappa shape index (κ3) is 3.34. The Labute approximate surface area is 240 Å². The number of allylic oxidation sites excluding steroid dienone is 6. The lowest BCUT2D eigenvalue weighted by molar-refractivity contribution is 0.654. The molecule has 0 fully saturated rings. The third-order valence-corrected chi connectivity index (χ3v) is 9.43. The van der Waals surface area contributed by atoms with E-state index in [4.69, 9.17) is 0 Å². The van der Waals surface area contributed by atoms with Crippen molar-refractivity contribution in [1.82, 2.24) is 0 Å². The molecule has 6 aromatic rings. The molecule has 0 aromatic heterocycles. The van der Waals surface area contributed by atoms with Crippen molar-refractivity contribution in [3.8, 4) is 0 Å². The van der Waals surface area contributed by atoms with E-state index in [1.165, 1.54) is 76.8 Å². The molecule has 0 saturated heterocycles. The van der Waals surface area contributed by atoms with E-state index in [9.17, 15) is 0 Å². The Bertz CT molecular complexity index is 2180. The number of fused-ring (bicyclic) bond motifs is 5. The van der Waals surface area contributed by atoms with Crippen LogP contribution in [0.25, 0.3) is 44.0 Å². The van der Waals surface area contributed by atoms with Crippen molar-refractivity contribution in [3.63, 3.8) is 0 Å². The Morgan fingerprint density at radius 3 is 2.29 bits per heavy atom. The van der Waals surface area contributed by atoms with Crippen LogP contribution in [-0.4, -0.2) is 0 Å². The molecule has 0 spiro atoms. The van der Waals surface area contributed by atoms with Gasteiger partial charge in [0.25, 0.3) is 0 Å². The summed E-state index contributed by atoms with van der Waals surface area (Å²) in [5.74, 6) is 0.481. The summed E-state index contributed by atoms with van der Waals surface area (Å²) < 4.78 is 0. The first-order valence-corrected chi connectivity index (χ1v) is 14.7. The van der Waals surface area contributed by atoms with Crippen LogP contribution in [0.5, 0.6) is 0 Å². The van der Waals surface area contributed by atoms with Crippen molar-refractivity contribution in [2.24, 2.45) is 5.92 Å². The van der Waals surface area contributed by atoms with Gasteiger partial charge >= 0.3 is 0 Å². The van der Waals surface area contributed by atoms with E-state index in [1.54, 1.807) is 0 Å². The summed E-state index contributed by atoms with van der Waals surface area (Å²) in [6, 6.07) is 41.0. The second kappa shape index (κ2) is 8.78. The highest BCUT2D eigenvalue weighted by Crippen LogP contribution is 2.53. The van der Waals surface area contributed by atoms with Gasteiger partial charge in [0.15, 0.2) is 0 Å². The molecule has 2 atom stereocenters. The van der Waals surface area contributed by atoms with Crippen LogP contribution in [0.3, 0.4) is 0 Å². The highest BCUT2D eigenvalue weighted by atomic mass is 14.4. The van der Waals surface area contributed by atoms with Gasteiger partial charge < -0.3 is 0 Å². The SMILES string of the molecule is C1=CC2=C(c3cc4c5c(cccc5c3)CC=C4)c3c(ccc4ccccc34)C(c3cccc4ccccc34)C2C=C1. The van der Waals surface area contributed by atoms with Crippen molar-refractivity contribution >= 4 is 44.0 Å². The van der Waals surface area contributed by atoms with Crippen LogP contribution >= 0.6 is 0 Å². The minimum atomic E-state index is 0.228. The van der Waals surface area contributed by atoms with Crippen LogP contribution in [-0.2, 0) is 6.42 Å². The van der Waals surface area contributed by atoms with Gasteiger partial charge in [-0.1, -0.05) is 134 Å². The molecule has 0 heteroatoms. The minimum Gasteiger partial charge on any atom is -0.0795 e. The van der Waals surface area contributed by atoms with Crippen molar-refractivity contribution < 1.29 is 0 Å². The molecule has 6 aromatic carbocycles. The number of hydrogen-bond acceptors (Lipinski definition) is 0. The number of rotatable bonds is 2. The Balaban J connectivity index is 1.41. The summed E-state index contributed by atoms with van der Waals surface area (Å²) >= 11 is 0. The first kappa shape index (κ1) is 22.8. The summed E-state index contributed by atoms with van der Waals surface area (Å²) in [5.41, 5.74) is 11.1. The van der Waals surface area contributed by atoms with E-state index < -0.39 is 0 Å². The standard InChI is InChI=1S/C41H28/c1-3-17-32-26(10-1)12-9-21-34(32)40-36-20-6-5-19-35(36)39(41-33-18-4-2-11-27(33)22-23-37(40)41)31-24-29-15-7-13-28-14-8-16-30(25-31)38(28)29/h1-13,15-25,36,40H,14H2.